The summed E-state index contributed by atoms with van der Waals surface area (Å²) in [6, 6.07) is 0. The van der Waals surface area contributed by atoms with Crippen molar-refractivity contribution < 1.29 is 8.76 Å². The Balaban J connectivity index is 2.97. The number of hydrogen-bond acceptors (Lipinski definition) is 1. The topological polar surface area (TPSA) is 49.3 Å². The van der Waals surface area contributed by atoms with Gasteiger partial charge in [-0.25, -0.2) is 8.93 Å². The van der Waals surface area contributed by atoms with Crippen LogP contribution in [0, 0.1) is 5.92 Å². The van der Waals surface area contributed by atoms with Crippen molar-refractivity contribution >= 4 is 11.3 Å². The fourth-order valence-corrected chi connectivity index (χ4v) is 1.16. The average Bonchev–Trinajstić information content (AvgIpc) is 1.85. The Morgan fingerprint density at radius 2 is 2.09 bits per heavy atom. The molecule has 0 saturated heterocycles. The molecular formula is C7H17NO2S. The summed E-state index contributed by atoms with van der Waals surface area (Å²) >= 11 is -1.83. The molecule has 0 aromatic carbocycles. The quantitative estimate of drug-likeness (QED) is 0.480. The summed E-state index contributed by atoms with van der Waals surface area (Å²) in [7, 11) is 0. The Kier molecular flexibility index (Phi) is 6.80. The molecule has 2 N–H and O–H groups in total. The lowest BCUT2D eigenvalue weighted by molar-refractivity contribution is 0.522. The highest BCUT2D eigenvalue weighted by molar-refractivity contribution is 7.77. The first kappa shape index (κ1) is 11.1. The molecule has 4 heteroatoms. The lowest BCUT2D eigenvalue weighted by Crippen LogP contribution is -2.17. The maximum Gasteiger partial charge on any atom is 0.231 e. The lowest BCUT2D eigenvalue weighted by Gasteiger charge is -2.03. The molecular weight excluding hydrogens is 162 g/mol. The van der Waals surface area contributed by atoms with E-state index in [0.29, 0.717) is 6.54 Å². The second kappa shape index (κ2) is 6.76. The van der Waals surface area contributed by atoms with Crippen molar-refractivity contribution in [3.8, 4) is 0 Å². The van der Waals surface area contributed by atoms with Crippen molar-refractivity contribution in [3.05, 3.63) is 0 Å². The first-order valence-electron chi connectivity index (χ1n) is 3.97. The van der Waals surface area contributed by atoms with Crippen LogP contribution in [0.25, 0.3) is 0 Å². The predicted octanol–water partition coefficient (Wildman–Crippen LogP) is 1.54. The zero-order valence-corrected chi connectivity index (χ0v) is 7.99. The molecule has 0 fully saturated rings. The highest BCUT2D eigenvalue weighted by atomic mass is 32.2. The van der Waals surface area contributed by atoms with Crippen molar-refractivity contribution in [3.63, 3.8) is 0 Å². The van der Waals surface area contributed by atoms with Gasteiger partial charge in [-0.15, -0.1) is 0 Å². The summed E-state index contributed by atoms with van der Waals surface area (Å²) in [4.78, 5) is 0. The van der Waals surface area contributed by atoms with Gasteiger partial charge in [0.15, 0.2) is 0 Å². The second-order valence-corrected chi connectivity index (χ2v) is 3.82. The van der Waals surface area contributed by atoms with Crippen LogP contribution < -0.4 is 4.72 Å². The number of nitrogens with one attached hydrogen (secondary N) is 1. The maximum atomic E-state index is 10.1. The van der Waals surface area contributed by atoms with Gasteiger partial charge in [0.1, 0.15) is 0 Å². The van der Waals surface area contributed by atoms with Gasteiger partial charge in [0.05, 0.1) is 0 Å². The zero-order valence-electron chi connectivity index (χ0n) is 7.17. The van der Waals surface area contributed by atoms with Gasteiger partial charge in [0, 0.05) is 6.54 Å². The summed E-state index contributed by atoms with van der Waals surface area (Å²) in [5, 5.41) is 0. The molecule has 1 atom stereocenters. The monoisotopic (exact) mass is 179 g/mol. The van der Waals surface area contributed by atoms with Crippen LogP contribution in [-0.4, -0.2) is 15.3 Å². The summed E-state index contributed by atoms with van der Waals surface area (Å²) in [6.07, 6.45) is 3.30. The molecule has 0 heterocycles. The molecule has 0 amide bonds. The van der Waals surface area contributed by atoms with E-state index >= 15 is 0 Å². The molecule has 68 valence electrons. The summed E-state index contributed by atoms with van der Waals surface area (Å²) < 4.78 is 20.9. The summed E-state index contributed by atoms with van der Waals surface area (Å²) in [6.45, 7) is 4.99. The molecule has 0 saturated carbocycles. The van der Waals surface area contributed by atoms with Crippen LogP contribution in [0.4, 0.5) is 0 Å². The smallest absolute Gasteiger partial charge is 0.231 e. The molecule has 0 rings (SSSR count). The maximum absolute atomic E-state index is 10.1. The van der Waals surface area contributed by atoms with Crippen molar-refractivity contribution in [1.82, 2.24) is 4.72 Å². The second-order valence-electron chi connectivity index (χ2n) is 3.03. The Morgan fingerprint density at radius 3 is 2.55 bits per heavy atom. The van der Waals surface area contributed by atoms with Gasteiger partial charge in [0.2, 0.25) is 11.3 Å². The summed E-state index contributed by atoms with van der Waals surface area (Å²) in [5.41, 5.74) is 0. The van der Waals surface area contributed by atoms with Gasteiger partial charge >= 0.3 is 0 Å². The van der Waals surface area contributed by atoms with E-state index in [1.54, 1.807) is 0 Å². The van der Waals surface area contributed by atoms with Crippen LogP contribution in [0.2, 0.25) is 0 Å². The minimum atomic E-state index is -1.83. The van der Waals surface area contributed by atoms with Gasteiger partial charge in [-0.3, -0.25) is 4.55 Å². The number of rotatable bonds is 6. The highest BCUT2D eigenvalue weighted by Gasteiger charge is 1.94. The molecule has 0 aromatic heterocycles. The molecule has 0 aromatic rings. The molecule has 1 unspecified atom stereocenters. The van der Waals surface area contributed by atoms with Crippen LogP contribution in [0.3, 0.4) is 0 Å². The third-order valence-electron chi connectivity index (χ3n) is 1.43. The molecule has 0 aliphatic heterocycles. The van der Waals surface area contributed by atoms with Gasteiger partial charge in [-0.1, -0.05) is 26.7 Å². The van der Waals surface area contributed by atoms with E-state index in [9.17, 15) is 4.21 Å². The molecule has 3 nitrogen and oxygen atoms in total. The number of hydrogen-bond donors (Lipinski definition) is 2. The first-order valence-corrected chi connectivity index (χ1v) is 5.08. The van der Waals surface area contributed by atoms with E-state index in [-0.39, 0.29) is 0 Å². The Labute approximate surface area is 71.0 Å². The average molecular weight is 179 g/mol. The molecule has 0 spiro atoms. The molecule has 11 heavy (non-hydrogen) atoms. The van der Waals surface area contributed by atoms with Crippen LogP contribution in [0.1, 0.15) is 33.1 Å². The Morgan fingerprint density at radius 1 is 1.45 bits per heavy atom. The van der Waals surface area contributed by atoms with Crippen LogP contribution >= 0.6 is 0 Å². The lowest BCUT2D eigenvalue weighted by atomic mass is 10.1. The predicted molar refractivity (Wildman–Crippen MR) is 47.5 cm³/mol. The Hall–Kier alpha value is 0.0700. The molecule has 0 bridgehead atoms. The van der Waals surface area contributed by atoms with Crippen LogP contribution in [0.15, 0.2) is 0 Å². The van der Waals surface area contributed by atoms with Crippen molar-refractivity contribution in [2.24, 2.45) is 5.92 Å². The normalized spacial score (nSPS) is 13.8. The largest absolute Gasteiger partial charge is 0.294 e. The van der Waals surface area contributed by atoms with Crippen molar-refractivity contribution in [2.75, 3.05) is 6.54 Å². The standard InChI is InChI=1S/C7H17NO2S/c1-7(2)5-3-4-6-8-11(9)10/h7-8H,3-6H2,1-2H3,(H,9,10). The van der Waals surface area contributed by atoms with E-state index in [1.165, 1.54) is 6.42 Å². The van der Waals surface area contributed by atoms with Gasteiger partial charge in [-0.05, 0) is 12.3 Å². The van der Waals surface area contributed by atoms with E-state index in [0.717, 1.165) is 18.8 Å². The molecule has 0 aliphatic rings. The third kappa shape index (κ3) is 10.1. The van der Waals surface area contributed by atoms with E-state index in [2.05, 4.69) is 18.6 Å². The fourth-order valence-electron chi connectivity index (χ4n) is 0.837. The van der Waals surface area contributed by atoms with Crippen LogP contribution in [0.5, 0.6) is 0 Å². The van der Waals surface area contributed by atoms with E-state index in [4.69, 9.17) is 4.55 Å². The summed E-state index contributed by atoms with van der Waals surface area (Å²) in [5.74, 6) is 0.731. The zero-order chi connectivity index (χ0) is 8.69. The molecule has 0 radical (unpaired) electrons. The minimum Gasteiger partial charge on any atom is -0.294 e. The third-order valence-corrected chi connectivity index (χ3v) is 1.88. The van der Waals surface area contributed by atoms with E-state index < -0.39 is 11.3 Å². The highest BCUT2D eigenvalue weighted by Crippen LogP contribution is 2.04. The molecule has 0 aliphatic carbocycles. The SMILES string of the molecule is CC(C)CCCCNS(=O)O. The van der Waals surface area contributed by atoms with Gasteiger partial charge in [0.25, 0.3) is 0 Å². The Bertz CT molecular complexity index is 117. The van der Waals surface area contributed by atoms with Crippen LogP contribution in [-0.2, 0) is 11.3 Å². The van der Waals surface area contributed by atoms with E-state index in [1.807, 2.05) is 0 Å². The van der Waals surface area contributed by atoms with Gasteiger partial charge in [-0.2, -0.15) is 0 Å². The van der Waals surface area contributed by atoms with Gasteiger partial charge < -0.3 is 0 Å². The number of unbranched alkanes of at least 4 members (excludes halogenated alkanes) is 1. The van der Waals surface area contributed by atoms with Crippen molar-refractivity contribution in [2.45, 2.75) is 33.1 Å². The minimum absolute atomic E-state index is 0.635. The fraction of sp³-hybridized carbons (Fsp3) is 1.00. The van der Waals surface area contributed by atoms with Crippen molar-refractivity contribution in [1.29, 1.82) is 0 Å². The first-order chi connectivity index (χ1) is 5.13.